The first-order valence-corrected chi connectivity index (χ1v) is 7.15. The van der Waals surface area contributed by atoms with E-state index in [4.69, 9.17) is 11.6 Å². The summed E-state index contributed by atoms with van der Waals surface area (Å²) in [6.45, 7) is 2.10. The molecule has 0 radical (unpaired) electrons. The molecular formula is C13H12BrClS. The van der Waals surface area contributed by atoms with Crippen LogP contribution in [0.3, 0.4) is 0 Å². The molecule has 16 heavy (non-hydrogen) atoms. The number of benzene rings is 1. The number of rotatable bonds is 3. The SMILES string of the molecule is Cc1sc(C(Cl)Cc2ccccc2)cc1Br. The summed E-state index contributed by atoms with van der Waals surface area (Å²) in [6.07, 6.45) is 0.884. The molecule has 1 atom stereocenters. The van der Waals surface area contributed by atoms with E-state index in [1.807, 2.05) is 6.07 Å². The van der Waals surface area contributed by atoms with Gasteiger partial charge >= 0.3 is 0 Å². The van der Waals surface area contributed by atoms with E-state index < -0.39 is 0 Å². The number of thiophene rings is 1. The minimum Gasteiger partial charge on any atom is -0.143 e. The van der Waals surface area contributed by atoms with E-state index in [-0.39, 0.29) is 5.38 Å². The fraction of sp³-hybridized carbons (Fsp3) is 0.231. The smallest absolute Gasteiger partial charge is 0.0719 e. The van der Waals surface area contributed by atoms with Crippen LogP contribution in [0, 0.1) is 6.92 Å². The minimum atomic E-state index is 0.0670. The first kappa shape index (κ1) is 12.2. The molecule has 0 aliphatic rings. The van der Waals surface area contributed by atoms with Gasteiger partial charge in [-0.1, -0.05) is 30.3 Å². The molecule has 0 bridgehead atoms. The minimum absolute atomic E-state index is 0.0670. The first-order chi connectivity index (χ1) is 7.66. The molecule has 2 aromatic rings. The lowest BCUT2D eigenvalue weighted by atomic mass is 10.1. The molecule has 0 aliphatic heterocycles. The molecule has 84 valence electrons. The Bertz CT molecular complexity index is 445. The van der Waals surface area contributed by atoms with E-state index in [1.54, 1.807) is 11.3 Å². The lowest BCUT2D eigenvalue weighted by molar-refractivity contribution is 0.939. The van der Waals surface area contributed by atoms with Crippen molar-refractivity contribution >= 4 is 38.9 Å². The summed E-state index contributed by atoms with van der Waals surface area (Å²) in [6, 6.07) is 12.5. The molecule has 0 saturated carbocycles. The third kappa shape index (κ3) is 2.88. The second-order valence-electron chi connectivity index (χ2n) is 3.71. The van der Waals surface area contributed by atoms with Crippen molar-refractivity contribution in [2.45, 2.75) is 18.7 Å². The normalized spacial score (nSPS) is 12.7. The average Bonchev–Trinajstić information content (AvgIpc) is 2.61. The van der Waals surface area contributed by atoms with Gasteiger partial charge in [0.15, 0.2) is 0 Å². The summed E-state index contributed by atoms with van der Waals surface area (Å²) < 4.78 is 1.16. The Balaban J connectivity index is 2.11. The van der Waals surface area contributed by atoms with Gasteiger partial charge in [-0.15, -0.1) is 22.9 Å². The van der Waals surface area contributed by atoms with E-state index >= 15 is 0 Å². The molecule has 0 saturated heterocycles. The quantitative estimate of drug-likeness (QED) is 0.670. The molecule has 0 fully saturated rings. The third-order valence-corrected chi connectivity index (χ3v) is 5.21. The van der Waals surface area contributed by atoms with Crippen LogP contribution in [0.2, 0.25) is 0 Å². The standard InChI is InChI=1S/C13H12BrClS/c1-9-11(14)8-13(16-9)12(15)7-10-5-3-2-4-6-10/h2-6,8,12H,7H2,1H3. The van der Waals surface area contributed by atoms with Gasteiger partial charge in [0.1, 0.15) is 0 Å². The molecule has 2 rings (SSSR count). The molecular weight excluding hydrogens is 304 g/mol. The highest BCUT2D eigenvalue weighted by atomic mass is 79.9. The van der Waals surface area contributed by atoms with Crippen LogP contribution in [-0.4, -0.2) is 0 Å². The zero-order valence-electron chi connectivity index (χ0n) is 8.91. The number of hydrogen-bond donors (Lipinski definition) is 0. The van der Waals surface area contributed by atoms with Crippen LogP contribution in [0.4, 0.5) is 0 Å². The molecule has 0 spiro atoms. The maximum Gasteiger partial charge on any atom is 0.0719 e. The highest BCUT2D eigenvalue weighted by Gasteiger charge is 2.12. The van der Waals surface area contributed by atoms with E-state index in [1.165, 1.54) is 15.3 Å². The van der Waals surface area contributed by atoms with E-state index in [2.05, 4.69) is 53.2 Å². The molecule has 1 aromatic carbocycles. The van der Waals surface area contributed by atoms with Crippen LogP contribution < -0.4 is 0 Å². The number of aryl methyl sites for hydroxylation is 1. The van der Waals surface area contributed by atoms with Crippen LogP contribution >= 0.6 is 38.9 Å². The molecule has 0 nitrogen and oxygen atoms in total. The lowest BCUT2D eigenvalue weighted by Crippen LogP contribution is -1.92. The van der Waals surface area contributed by atoms with Crippen molar-refractivity contribution in [2.24, 2.45) is 0 Å². The van der Waals surface area contributed by atoms with E-state index in [9.17, 15) is 0 Å². The van der Waals surface area contributed by atoms with Gasteiger partial charge in [0.2, 0.25) is 0 Å². The van der Waals surface area contributed by atoms with Crippen LogP contribution in [0.5, 0.6) is 0 Å². The van der Waals surface area contributed by atoms with E-state index in [0.717, 1.165) is 10.9 Å². The lowest BCUT2D eigenvalue weighted by Gasteiger charge is -2.06. The third-order valence-electron chi connectivity index (χ3n) is 2.44. The van der Waals surface area contributed by atoms with Crippen molar-refractivity contribution in [3.05, 3.63) is 56.2 Å². The van der Waals surface area contributed by atoms with Gasteiger partial charge in [-0.3, -0.25) is 0 Å². The van der Waals surface area contributed by atoms with Gasteiger partial charge in [-0.2, -0.15) is 0 Å². The molecule has 1 unspecified atom stereocenters. The van der Waals surface area contributed by atoms with Gasteiger partial charge in [-0.05, 0) is 40.9 Å². The number of hydrogen-bond acceptors (Lipinski definition) is 1. The topological polar surface area (TPSA) is 0 Å². The second kappa shape index (κ2) is 5.35. The van der Waals surface area contributed by atoms with E-state index in [0.29, 0.717) is 0 Å². The monoisotopic (exact) mass is 314 g/mol. The molecule has 1 heterocycles. The summed E-state index contributed by atoms with van der Waals surface area (Å²) in [7, 11) is 0. The summed E-state index contributed by atoms with van der Waals surface area (Å²) in [4.78, 5) is 2.52. The van der Waals surface area contributed by atoms with Gasteiger partial charge in [0.05, 0.1) is 5.38 Å². The Hall–Kier alpha value is -0.310. The van der Waals surface area contributed by atoms with Crippen molar-refractivity contribution in [3.63, 3.8) is 0 Å². The van der Waals surface area contributed by atoms with Crippen molar-refractivity contribution in [2.75, 3.05) is 0 Å². The predicted octanol–water partition coefficient (Wildman–Crippen LogP) is 5.34. The van der Waals surface area contributed by atoms with Crippen LogP contribution in [0.1, 0.15) is 20.7 Å². The zero-order chi connectivity index (χ0) is 11.5. The first-order valence-electron chi connectivity index (χ1n) is 5.10. The van der Waals surface area contributed by atoms with Gasteiger partial charge in [-0.25, -0.2) is 0 Å². The molecule has 0 amide bonds. The average molecular weight is 316 g/mol. The van der Waals surface area contributed by atoms with Crippen molar-refractivity contribution < 1.29 is 0 Å². The largest absolute Gasteiger partial charge is 0.143 e. The van der Waals surface area contributed by atoms with Crippen molar-refractivity contribution in [3.8, 4) is 0 Å². The summed E-state index contributed by atoms with van der Waals surface area (Å²) in [5.41, 5.74) is 1.28. The van der Waals surface area contributed by atoms with Gasteiger partial charge in [0, 0.05) is 14.2 Å². The molecule has 3 heteroatoms. The maximum atomic E-state index is 6.42. The fourth-order valence-corrected chi connectivity index (χ4v) is 3.47. The highest BCUT2D eigenvalue weighted by molar-refractivity contribution is 9.10. The highest BCUT2D eigenvalue weighted by Crippen LogP contribution is 2.35. The van der Waals surface area contributed by atoms with Crippen LogP contribution in [-0.2, 0) is 6.42 Å². The van der Waals surface area contributed by atoms with Crippen LogP contribution in [0.25, 0.3) is 0 Å². The van der Waals surface area contributed by atoms with Crippen LogP contribution in [0.15, 0.2) is 40.9 Å². The second-order valence-corrected chi connectivity index (χ2v) is 6.38. The fourth-order valence-electron chi connectivity index (χ4n) is 1.56. The molecule has 1 aromatic heterocycles. The Kier molecular flexibility index (Phi) is 4.06. The Morgan fingerprint density at radius 1 is 1.31 bits per heavy atom. The zero-order valence-corrected chi connectivity index (χ0v) is 12.1. The summed E-state index contributed by atoms with van der Waals surface area (Å²) in [5.74, 6) is 0. The van der Waals surface area contributed by atoms with Crippen molar-refractivity contribution in [1.82, 2.24) is 0 Å². The maximum absolute atomic E-state index is 6.42. The number of alkyl halides is 1. The molecule has 0 N–H and O–H groups in total. The molecule has 0 aliphatic carbocycles. The Labute approximate surface area is 113 Å². The van der Waals surface area contributed by atoms with Gasteiger partial charge < -0.3 is 0 Å². The summed E-state index contributed by atoms with van der Waals surface area (Å²) >= 11 is 11.7. The number of halogens is 2. The van der Waals surface area contributed by atoms with Gasteiger partial charge in [0.25, 0.3) is 0 Å². The Morgan fingerprint density at radius 3 is 2.56 bits per heavy atom. The summed E-state index contributed by atoms with van der Waals surface area (Å²) in [5, 5.41) is 0.0670. The predicted molar refractivity (Wildman–Crippen MR) is 75.5 cm³/mol. The Morgan fingerprint density at radius 2 is 2.00 bits per heavy atom. The van der Waals surface area contributed by atoms with Crippen molar-refractivity contribution in [1.29, 1.82) is 0 Å².